The van der Waals surface area contributed by atoms with Crippen LogP contribution >= 0.6 is 0 Å². The van der Waals surface area contributed by atoms with Crippen LogP contribution in [0.2, 0.25) is 0 Å². The van der Waals surface area contributed by atoms with Crippen molar-refractivity contribution in [1.82, 2.24) is 0 Å². The summed E-state index contributed by atoms with van der Waals surface area (Å²) in [6.07, 6.45) is 0. The lowest BCUT2D eigenvalue weighted by Gasteiger charge is -2.21. The highest BCUT2D eigenvalue weighted by Gasteiger charge is 2.12. The van der Waals surface area contributed by atoms with Crippen LogP contribution in [0.3, 0.4) is 0 Å². The smallest absolute Gasteiger partial charge is 0.127 e. The predicted molar refractivity (Wildman–Crippen MR) is 60.1 cm³/mol. The number of nitrogen functional groups attached to an aromatic ring is 1. The third-order valence-corrected chi connectivity index (χ3v) is 2.27. The maximum Gasteiger partial charge on any atom is 0.127 e. The Hall–Kier alpha value is -1.29. The monoisotopic (exact) mass is 212 g/mol. The van der Waals surface area contributed by atoms with Gasteiger partial charge in [-0.2, -0.15) is 0 Å². The van der Waals surface area contributed by atoms with Crippen molar-refractivity contribution >= 4 is 11.4 Å². The number of hydrogen-bond acceptors (Lipinski definition) is 3. The molecule has 1 atom stereocenters. The van der Waals surface area contributed by atoms with Crippen molar-refractivity contribution in [3.05, 3.63) is 24.0 Å². The van der Waals surface area contributed by atoms with Gasteiger partial charge in [0.15, 0.2) is 0 Å². The largest absolute Gasteiger partial charge is 0.399 e. The molecule has 0 aromatic heterocycles. The highest BCUT2D eigenvalue weighted by atomic mass is 19.1. The Labute approximate surface area is 89.1 Å². The lowest BCUT2D eigenvalue weighted by atomic mass is 10.1. The van der Waals surface area contributed by atoms with Crippen LogP contribution in [0.5, 0.6) is 0 Å². The molecule has 0 aliphatic carbocycles. The first-order valence-corrected chi connectivity index (χ1v) is 4.96. The average Bonchev–Trinajstić information content (AvgIpc) is 2.12. The van der Waals surface area contributed by atoms with Gasteiger partial charge in [-0.1, -0.05) is 13.8 Å². The summed E-state index contributed by atoms with van der Waals surface area (Å²) in [7, 11) is 0. The van der Waals surface area contributed by atoms with Crippen molar-refractivity contribution in [3.8, 4) is 0 Å². The number of halogens is 1. The van der Waals surface area contributed by atoms with Crippen LogP contribution < -0.4 is 11.1 Å². The van der Waals surface area contributed by atoms with E-state index in [1.807, 2.05) is 13.8 Å². The second-order valence-corrected chi connectivity index (χ2v) is 3.95. The van der Waals surface area contributed by atoms with E-state index in [0.717, 1.165) is 0 Å². The van der Waals surface area contributed by atoms with Gasteiger partial charge in [0.2, 0.25) is 0 Å². The Kier molecular flexibility index (Phi) is 3.91. The fourth-order valence-corrected chi connectivity index (χ4v) is 1.33. The highest BCUT2D eigenvalue weighted by Crippen LogP contribution is 2.18. The third-order valence-electron chi connectivity index (χ3n) is 2.27. The molecular formula is C11H17FN2O. The van der Waals surface area contributed by atoms with Crippen molar-refractivity contribution in [2.45, 2.75) is 19.9 Å². The van der Waals surface area contributed by atoms with Crippen molar-refractivity contribution in [2.24, 2.45) is 5.92 Å². The zero-order valence-corrected chi connectivity index (χ0v) is 9.00. The summed E-state index contributed by atoms with van der Waals surface area (Å²) >= 11 is 0. The molecule has 0 saturated heterocycles. The van der Waals surface area contributed by atoms with E-state index in [1.54, 1.807) is 6.07 Å². The maximum atomic E-state index is 13.0. The number of hydrogen-bond donors (Lipinski definition) is 3. The first-order valence-electron chi connectivity index (χ1n) is 4.96. The molecule has 4 heteroatoms. The zero-order chi connectivity index (χ0) is 11.4. The molecule has 3 nitrogen and oxygen atoms in total. The maximum absolute atomic E-state index is 13.0. The summed E-state index contributed by atoms with van der Waals surface area (Å²) < 4.78 is 13.0. The van der Waals surface area contributed by atoms with Crippen LogP contribution in [-0.4, -0.2) is 17.8 Å². The van der Waals surface area contributed by atoms with Crippen LogP contribution in [0.4, 0.5) is 15.8 Å². The fraction of sp³-hybridized carbons (Fsp3) is 0.455. The zero-order valence-electron chi connectivity index (χ0n) is 9.00. The third kappa shape index (κ3) is 3.40. The van der Waals surface area contributed by atoms with Gasteiger partial charge in [0.1, 0.15) is 5.82 Å². The van der Waals surface area contributed by atoms with E-state index in [2.05, 4.69) is 5.32 Å². The number of benzene rings is 1. The van der Waals surface area contributed by atoms with Gasteiger partial charge >= 0.3 is 0 Å². The van der Waals surface area contributed by atoms with Crippen LogP contribution in [0.25, 0.3) is 0 Å². The van der Waals surface area contributed by atoms with Gasteiger partial charge in [-0.25, -0.2) is 4.39 Å². The van der Waals surface area contributed by atoms with Gasteiger partial charge in [0.05, 0.1) is 12.6 Å². The van der Waals surface area contributed by atoms with Gasteiger partial charge in [0.25, 0.3) is 0 Å². The first kappa shape index (κ1) is 11.8. The molecule has 0 heterocycles. The molecule has 0 fully saturated rings. The van der Waals surface area contributed by atoms with Crippen LogP contribution in [0.15, 0.2) is 18.2 Å². The molecule has 0 amide bonds. The molecule has 84 valence electrons. The molecule has 1 rings (SSSR count). The topological polar surface area (TPSA) is 58.3 Å². The number of nitrogens with two attached hydrogens (primary N) is 1. The molecule has 0 radical (unpaired) electrons. The molecule has 0 saturated carbocycles. The normalized spacial score (nSPS) is 12.9. The Morgan fingerprint density at radius 3 is 2.53 bits per heavy atom. The van der Waals surface area contributed by atoms with E-state index in [4.69, 9.17) is 10.8 Å². The molecule has 0 aliphatic heterocycles. The summed E-state index contributed by atoms with van der Waals surface area (Å²) in [6.45, 7) is 3.97. The SMILES string of the molecule is CC(C)[C@@H](CO)Nc1cc(N)cc(F)c1. The number of nitrogens with one attached hydrogen (secondary N) is 1. The average molecular weight is 212 g/mol. The van der Waals surface area contributed by atoms with Crippen LogP contribution in [0.1, 0.15) is 13.8 Å². The van der Waals surface area contributed by atoms with E-state index in [9.17, 15) is 4.39 Å². The van der Waals surface area contributed by atoms with E-state index in [0.29, 0.717) is 11.4 Å². The molecular weight excluding hydrogens is 195 g/mol. The summed E-state index contributed by atoms with van der Waals surface area (Å²) in [5.74, 6) is -0.113. The fourth-order valence-electron chi connectivity index (χ4n) is 1.33. The molecule has 0 unspecified atom stereocenters. The Bertz CT molecular complexity index is 308. The Morgan fingerprint density at radius 2 is 2.07 bits per heavy atom. The summed E-state index contributed by atoms with van der Waals surface area (Å²) in [6, 6.07) is 4.18. The number of anilines is 2. The van der Waals surface area contributed by atoms with Gasteiger partial charge < -0.3 is 16.2 Å². The number of aliphatic hydroxyl groups excluding tert-OH is 1. The van der Waals surface area contributed by atoms with Gasteiger partial charge in [-0.15, -0.1) is 0 Å². The van der Waals surface area contributed by atoms with Gasteiger partial charge in [-0.05, 0) is 24.1 Å². The molecule has 15 heavy (non-hydrogen) atoms. The first-order chi connectivity index (χ1) is 7.02. The van der Waals surface area contributed by atoms with Crippen molar-refractivity contribution < 1.29 is 9.50 Å². The standard InChI is InChI=1S/C11H17FN2O/c1-7(2)11(6-15)14-10-4-8(12)3-9(13)5-10/h3-5,7,11,14-15H,6,13H2,1-2H3/t11-/m1/s1. The summed E-state index contributed by atoms with van der Waals surface area (Å²) in [5, 5.41) is 12.1. The quantitative estimate of drug-likeness (QED) is 0.667. The van der Waals surface area contributed by atoms with Crippen LogP contribution in [0, 0.1) is 11.7 Å². The molecule has 0 spiro atoms. The van der Waals surface area contributed by atoms with E-state index in [-0.39, 0.29) is 24.4 Å². The van der Waals surface area contributed by atoms with Crippen molar-refractivity contribution in [3.63, 3.8) is 0 Å². The lowest BCUT2D eigenvalue weighted by molar-refractivity contribution is 0.249. The van der Waals surface area contributed by atoms with Crippen molar-refractivity contribution in [2.75, 3.05) is 17.7 Å². The molecule has 4 N–H and O–H groups in total. The number of rotatable bonds is 4. The van der Waals surface area contributed by atoms with Gasteiger partial charge in [-0.3, -0.25) is 0 Å². The Morgan fingerprint density at radius 1 is 1.40 bits per heavy atom. The van der Waals surface area contributed by atoms with E-state index >= 15 is 0 Å². The van der Waals surface area contributed by atoms with Crippen molar-refractivity contribution in [1.29, 1.82) is 0 Å². The number of aliphatic hydroxyl groups is 1. The minimum Gasteiger partial charge on any atom is -0.399 e. The minimum atomic E-state index is -0.377. The van der Waals surface area contributed by atoms with E-state index in [1.165, 1.54) is 12.1 Å². The lowest BCUT2D eigenvalue weighted by Crippen LogP contribution is -2.29. The summed E-state index contributed by atoms with van der Waals surface area (Å²) in [5.41, 5.74) is 6.48. The van der Waals surface area contributed by atoms with E-state index < -0.39 is 0 Å². The molecule has 0 aliphatic rings. The molecule has 0 bridgehead atoms. The second kappa shape index (κ2) is 4.98. The van der Waals surface area contributed by atoms with Crippen LogP contribution in [-0.2, 0) is 0 Å². The molecule has 1 aromatic rings. The Balaban J connectivity index is 2.79. The highest BCUT2D eigenvalue weighted by molar-refractivity contribution is 5.55. The summed E-state index contributed by atoms with van der Waals surface area (Å²) in [4.78, 5) is 0. The minimum absolute atomic E-state index is 0.00802. The van der Waals surface area contributed by atoms with Gasteiger partial charge in [0, 0.05) is 11.4 Å². The second-order valence-electron chi connectivity index (χ2n) is 3.95. The molecule has 1 aromatic carbocycles. The predicted octanol–water partition coefficient (Wildman–Crippen LogP) is 1.84.